The average Bonchev–Trinajstić information content (AvgIpc) is 4.26. The number of fused-ring (bicyclic) bond motifs is 2. The van der Waals surface area contributed by atoms with E-state index >= 15 is 0 Å². The van der Waals surface area contributed by atoms with E-state index in [4.69, 9.17) is 39.9 Å². The summed E-state index contributed by atoms with van der Waals surface area (Å²) in [4.78, 5) is 37.7. The van der Waals surface area contributed by atoms with E-state index in [1.54, 1.807) is 14.2 Å². The lowest BCUT2D eigenvalue weighted by molar-refractivity contribution is -0.140. The van der Waals surface area contributed by atoms with Gasteiger partial charge in [0.2, 0.25) is 0 Å². The monoisotopic (exact) mass is 832 g/mol. The van der Waals surface area contributed by atoms with Gasteiger partial charge in [-0.05, 0) is 135 Å². The molecule has 4 aliphatic rings. The van der Waals surface area contributed by atoms with Gasteiger partial charge in [-0.15, -0.1) is 0 Å². The van der Waals surface area contributed by atoms with Crippen molar-refractivity contribution in [3.05, 3.63) is 107 Å². The third-order valence-electron chi connectivity index (χ3n) is 13.5. The average molecular weight is 833 g/mol. The molecular formula is C50H56N8O4. The summed E-state index contributed by atoms with van der Waals surface area (Å²) in [6.07, 6.45) is 7.30. The molecule has 6 aromatic rings. The lowest BCUT2D eigenvalue weighted by atomic mass is 9.87. The van der Waals surface area contributed by atoms with Gasteiger partial charge < -0.3 is 35.1 Å². The van der Waals surface area contributed by atoms with Crippen LogP contribution in [0.4, 0.5) is 23.0 Å². The molecule has 2 aliphatic heterocycles. The molecular weight excluding hydrogens is 777 g/mol. The minimum Gasteiger partial charge on any atom is -0.496 e. The molecule has 2 aromatic heterocycles. The Hall–Kier alpha value is -6.17. The number of piperidine rings is 2. The fourth-order valence-electron chi connectivity index (χ4n) is 9.90. The van der Waals surface area contributed by atoms with Crippen molar-refractivity contribution in [3.63, 3.8) is 0 Å². The Morgan fingerprint density at radius 3 is 2.00 bits per heavy atom. The smallest absolute Gasteiger partial charge is 0.325 e. The van der Waals surface area contributed by atoms with E-state index in [0.29, 0.717) is 30.3 Å². The second kappa shape index (κ2) is 16.9. The number of carbonyl (C=O) groups is 1. The first kappa shape index (κ1) is 39.9. The Bertz CT molecular complexity index is 2620. The number of nitrogens with zero attached hydrogens (tertiary/aromatic N) is 6. The first-order valence-corrected chi connectivity index (χ1v) is 22.5. The molecule has 0 amide bonds. The summed E-state index contributed by atoms with van der Waals surface area (Å²) < 4.78 is 16.9. The highest BCUT2D eigenvalue weighted by Gasteiger charge is 2.43. The van der Waals surface area contributed by atoms with Gasteiger partial charge in [0.05, 0.1) is 31.9 Å². The highest BCUT2D eigenvalue weighted by atomic mass is 16.5. The second-order valence-electron chi connectivity index (χ2n) is 17.5. The molecule has 4 aromatic carbocycles. The predicted octanol–water partition coefficient (Wildman–Crippen LogP) is 9.06. The summed E-state index contributed by atoms with van der Waals surface area (Å²) in [5.74, 6) is 7.29. The molecule has 0 spiro atoms. The molecule has 4 heterocycles. The van der Waals surface area contributed by atoms with Crippen LogP contribution in [0.15, 0.2) is 78.9 Å². The molecule has 2 aliphatic carbocycles. The molecule has 62 heavy (non-hydrogen) atoms. The van der Waals surface area contributed by atoms with Gasteiger partial charge in [-0.25, -0.2) is 19.9 Å². The first-order valence-electron chi connectivity index (χ1n) is 22.5. The summed E-state index contributed by atoms with van der Waals surface area (Å²) in [6, 6.07) is 27.4. The number of nitrogens with one attached hydrogen (secondary N) is 1. The number of aromatic nitrogens is 4. The van der Waals surface area contributed by atoms with Crippen LogP contribution < -0.4 is 30.3 Å². The molecule has 0 bridgehead atoms. The van der Waals surface area contributed by atoms with Crippen molar-refractivity contribution in [1.29, 1.82) is 0 Å². The topological polar surface area (TPSA) is 141 Å². The summed E-state index contributed by atoms with van der Waals surface area (Å²) in [7, 11) is 3.54. The second-order valence-corrected chi connectivity index (χ2v) is 17.5. The van der Waals surface area contributed by atoms with Crippen molar-refractivity contribution < 1.29 is 19.0 Å². The molecule has 2 atom stereocenters. The van der Waals surface area contributed by atoms with Crippen LogP contribution in [-0.4, -0.2) is 79.5 Å². The summed E-state index contributed by atoms with van der Waals surface area (Å²) in [5.41, 5.74) is 13.7. The van der Waals surface area contributed by atoms with Crippen LogP contribution >= 0.6 is 0 Å². The van der Waals surface area contributed by atoms with Gasteiger partial charge in [-0.3, -0.25) is 4.79 Å². The third kappa shape index (κ3) is 8.02. The summed E-state index contributed by atoms with van der Waals surface area (Å²) >= 11 is 0. The van der Waals surface area contributed by atoms with E-state index < -0.39 is 0 Å². The molecule has 0 radical (unpaired) electrons. The van der Waals surface area contributed by atoms with Crippen LogP contribution in [0, 0.1) is 0 Å². The zero-order valence-electron chi connectivity index (χ0n) is 36.0. The standard InChI is InChI=1S/C50H56N8O4/c1-4-62-46(59)29-52-35-13-15-43-41(27-35)50(55-47(53-43)32-9-10-32)58-23-19-31(20-24-58)38-25-33(11-16-45(38)61-3)37-28-39(37)48-54-42-14-12-34(51)26-40(42)49(56-48)57-21-17-30(18-22-57)36-7-5-6-8-44(36)60-2/h5-8,11-16,25-27,30-32,37,39,52H,4,9-10,17-24,28-29,51H2,1-3H3. The molecule has 12 heteroatoms. The van der Waals surface area contributed by atoms with Crippen LogP contribution in [0.2, 0.25) is 0 Å². The molecule has 4 fully saturated rings. The SMILES string of the molecule is CCOC(=O)CNc1ccc2nc(C3CC3)nc(N3CCC(c4cc(C5CC5c5nc(N6CCC(c7ccccc7OC)CC6)c6cc(N)ccc6n5)ccc4OC)CC3)c2c1. The first-order chi connectivity index (χ1) is 30.4. The van der Waals surface area contributed by atoms with Crippen LogP contribution in [0.25, 0.3) is 21.8 Å². The fourth-order valence-corrected chi connectivity index (χ4v) is 9.90. The largest absolute Gasteiger partial charge is 0.496 e. The van der Waals surface area contributed by atoms with Gasteiger partial charge in [0.15, 0.2) is 0 Å². The van der Waals surface area contributed by atoms with Gasteiger partial charge in [-0.1, -0.05) is 30.3 Å². The van der Waals surface area contributed by atoms with Crippen molar-refractivity contribution in [1.82, 2.24) is 19.9 Å². The number of methoxy groups -OCH3 is 2. The Kier molecular flexibility index (Phi) is 10.9. The highest BCUT2D eigenvalue weighted by Crippen LogP contribution is 2.55. The van der Waals surface area contributed by atoms with Gasteiger partial charge in [0.25, 0.3) is 0 Å². The minimum atomic E-state index is -0.276. The Balaban J connectivity index is 0.864. The molecule has 2 saturated heterocycles. The van der Waals surface area contributed by atoms with E-state index in [0.717, 1.165) is 139 Å². The zero-order valence-corrected chi connectivity index (χ0v) is 36.0. The van der Waals surface area contributed by atoms with E-state index in [1.807, 2.05) is 37.3 Å². The molecule has 3 N–H and O–H groups in total. The Morgan fingerprint density at radius 1 is 0.677 bits per heavy atom. The molecule has 2 unspecified atom stereocenters. The number of ether oxygens (including phenoxy) is 3. The number of para-hydroxylation sites is 1. The highest BCUT2D eigenvalue weighted by molar-refractivity contribution is 5.93. The van der Waals surface area contributed by atoms with Gasteiger partial charge >= 0.3 is 5.97 Å². The number of rotatable bonds is 13. The van der Waals surface area contributed by atoms with Crippen molar-refractivity contribution in [2.75, 3.05) is 74.4 Å². The van der Waals surface area contributed by atoms with Crippen LogP contribution in [0.5, 0.6) is 11.5 Å². The lowest BCUT2D eigenvalue weighted by Gasteiger charge is -2.34. The van der Waals surface area contributed by atoms with E-state index in [-0.39, 0.29) is 18.4 Å². The number of hydrogen-bond donors (Lipinski definition) is 2. The van der Waals surface area contributed by atoms with Crippen LogP contribution in [0.3, 0.4) is 0 Å². The maximum atomic E-state index is 12.1. The molecule has 10 rings (SSSR count). The molecule has 12 nitrogen and oxygen atoms in total. The predicted molar refractivity (Wildman–Crippen MR) is 245 cm³/mol. The van der Waals surface area contributed by atoms with E-state index in [2.05, 4.69) is 63.6 Å². The molecule has 2 saturated carbocycles. The number of benzene rings is 4. The zero-order chi connectivity index (χ0) is 42.3. The van der Waals surface area contributed by atoms with Crippen LogP contribution in [-0.2, 0) is 9.53 Å². The normalized spacial score (nSPS) is 19.5. The number of anilines is 4. The number of nitrogens with two attached hydrogens (primary N) is 1. The Labute approximate surface area is 363 Å². The number of carbonyl (C=O) groups excluding carboxylic acids is 1. The molecule has 320 valence electrons. The number of esters is 1. The van der Waals surface area contributed by atoms with E-state index in [1.165, 1.54) is 16.7 Å². The summed E-state index contributed by atoms with van der Waals surface area (Å²) in [6.45, 7) is 5.84. The third-order valence-corrected chi connectivity index (χ3v) is 13.5. The fraction of sp³-hybridized carbons (Fsp3) is 0.420. The quantitative estimate of drug-likeness (QED) is 0.0848. The van der Waals surface area contributed by atoms with Crippen LogP contribution in [0.1, 0.15) is 110 Å². The minimum absolute atomic E-state index is 0.112. The van der Waals surface area contributed by atoms with Crippen molar-refractivity contribution in [3.8, 4) is 11.5 Å². The van der Waals surface area contributed by atoms with Crippen molar-refractivity contribution in [2.24, 2.45) is 0 Å². The van der Waals surface area contributed by atoms with E-state index in [9.17, 15) is 4.79 Å². The van der Waals surface area contributed by atoms with Crippen molar-refractivity contribution in [2.45, 2.75) is 81.5 Å². The van der Waals surface area contributed by atoms with Crippen molar-refractivity contribution >= 4 is 50.8 Å². The maximum absolute atomic E-state index is 12.1. The lowest BCUT2D eigenvalue weighted by Crippen LogP contribution is -2.34. The van der Waals surface area contributed by atoms with Gasteiger partial charge in [-0.2, -0.15) is 0 Å². The number of hydrogen-bond acceptors (Lipinski definition) is 12. The number of nitrogen functional groups attached to an aromatic ring is 1. The van der Waals surface area contributed by atoms with Gasteiger partial charge in [0, 0.05) is 60.2 Å². The summed E-state index contributed by atoms with van der Waals surface area (Å²) in [5, 5.41) is 5.25. The Morgan fingerprint density at radius 2 is 1.31 bits per heavy atom. The van der Waals surface area contributed by atoms with Gasteiger partial charge in [0.1, 0.15) is 41.3 Å². The maximum Gasteiger partial charge on any atom is 0.325 e.